The van der Waals surface area contributed by atoms with E-state index in [0.717, 1.165) is 32.2 Å². The van der Waals surface area contributed by atoms with Gasteiger partial charge in [0, 0.05) is 6.54 Å². The van der Waals surface area contributed by atoms with Crippen LogP contribution in [-0.4, -0.2) is 18.0 Å². The number of carbonyl (C=O) groups excluding carboxylic acids is 1. The van der Waals surface area contributed by atoms with E-state index in [-0.39, 0.29) is 5.91 Å². The van der Waals surface area contributed by atoms with Gasteiger partial charge in [-0.1, -0.05) is 26.7 Å². The van der Waals surface area contributed by atoms with Crippen LogP contribution in [0.15, 0.2) is 0 Å². The molecule has 3 heteroatoms. The van der Waals surface area contributed by atoms with E-state index in [1.165, 1.54) is 6.42 Å². The van der Waals surface area contributed by atoms with Crippen LogP contribution in [-0.2, 0) is 4.79 Å². The first-order valence-electron chi connectivity index (χ1n) is 6.01. The Balaban J connectivity index is 1.78. The minimum absolute atomic E-state index is 0.0719. The fourth-order valence-electron chi connectivity index (χ4n) is 2.55. The van der Waals surface area contributed by atoms with Crippen LogP contribution in [0.3, 0.4) is 0 Å². The van der Waals surface area contributed by atoms with Crippen LogP contribution in [0.1, 0.15) is 46.0 Å². The SMILES string of the molecule is CC1(C)CC1CNC(=O)C1(N)CCCC1. The molecule has 3 nitrogen and oxygen atoms in total. The Kier molecular flexibility index (Phi) is 2.53. The first-order chi connectivity index (χ1) is 6.94. The third-order valence-corrected chi connectivity index (χ3v) is 4.17. The monoisotopic (exact) mass is 210 g/mol. The van der Waals surface area contributed by atoms with Gasteiger partial charge in [-0.15, -0.1) is 0 Å². The lowest BCUT2D eigenvalue weighted by Gasteiger charge is -2.22. The van der Waals surface area contributed by atoms with Crippen molar-refractivity contribution in [2.45, 2.75) is 51.5 Å². The third-order valence-electron chi connectivity index (χ3n) is 4.17. The molecule has 2 saturated carbocycles. The zero-order valence-electron chi connectivity index (χ0n) is 9.81. The highest BCUT2D eigenvalue weighted by molar-refractivity contribution is 5.86. The van der Waals surface area contributed by atoms with Gasteiger partial charge in [-0.3, -0.25) is 4.79 Å². The number of nitrogens with two attached hydrogens (primary N) is 1. The second-order valence-corrected chi connectivity index (χ2v) is 5.96. The van der Waals surface area contributed by atoms with Crippen LogP contribution in [0.4, 0.5) is 0 Å². The largest absolute Gasteiger partial charge is 0.354 e. The molecule has 2 aliphatic rings. The Morgan fingerprint density at radius 3 is 2.40 bits per heavy atom. The van der Waals surface area contributed by atoms with E-state index < -0.39 is 5.54 Å². The summed E-state index contributed by atoms with van der Waals surface area (Å²) in [4.78, 5) is 11.9. The van der Waals surface area contributed by atoms with Gasteiger partial charge < -0.3 is 11.1 Å². The van der Waals surface area contributed by atoms with Gasteiger partial charge >= 0.3 is 0 Å². The van der Waals surface area contributed by atoms with Gasteiger partial charge in [-0.05, 0) is 30.6 Å². The molecular weight excluding hydrogens is 188 g/mol. The Morgan fingerprint density at radius 1 is 1.40 bits per heavy atom. The maximum atomic E-state index is 11.9. The molecule has 0 aromatic heterocycles. The average Bonchev–Trinajstić information content (AvgIpc) is 2.60. The van der Waals surface area contributed by atoms with Gasteiger partial charge in [0.15, 0.2) is 0 Å². The maximum Gasteiger partial charge on any atom is 0.240 e. The molecule has 2 aliphatic carbocycles. The van der Waals surface area contributed by atoms with Crippen molar-refractivity contribution in [2.24, 2.45) is 17.1 Å². The number of carbonyl (C=O) groups is 1. The predicted octanol–water partition coefficient (Wildman–Crippen LogP) is 1.42. The fourth-order valence-corrected chi connectivity index (χ4v) is 2.55. The van der Waals surface area contributed by atoms with E-state index in [2.05, 4.69) is 19.2 Å². The molecule has 3 N–H and O–H groups in total. The second kappa shape index (κ2) is 3.48. The Morgan fingerprint density at radius 2 is 1.93 bits per heavy atom. The van der Waals surface area contributed by atoms with Crippen molar-refractivity contribution >= 4 is 5.91 Å². The van der Waals surface area contributed by atoms with Crippen molar-refractivity contribution < 1.29 is 4.79 Å². The Labute approximate surface area is 91.8 Å². The number of nitrogens with one attached hydrogen (secondary N) is 1. The molecule has 0 spiro atoms. The maximum absolute atomic E-state index is 11.9. The van der Waals surface area contributed by atoms with Crippen LogP contribution in [0.2, 0.25) is 0 Å². The fraction of sp³-hybridized carbons (Fsp3) is 0.917. The molecule has 0 saturated heterocycles. The van der Waals surface area contributed by atoms with Gasteiger partial charge in [0.25, 0.3) is 0 Å². The average molecular weight is 210 g/mol. The van der Waals surface area contributed by atoms with Gasteiger partial charge in [0.2, 0.25) is 5.91 Å². The zero-order valence-corrected chi connectivity index (χ0v) is 9.81. The molecule has 0 aromatic carbocycles. The molecule has 1 unspecified atom stereocenters. The highest BCUT2D eigenvalue weighted by Gasteiger charge is 2.46. The normalized spacial score (nSPS) is 31.3. The standard InChI is InChI=1S/C12H22N2O/c1-11(2)7-9(11)8-14-10(15)12(13)5-3-4-6-12/h9H,3-8,13H2,1-2H3,(H,14,15). The molecule has 0 bridgehead atoms. The molecule has 0 radical (unpaired) electrons. The number of hydrogen-bond acceptors (Lipinski definition) is 2. The number of hydrogen-bond donors (Lipinski definition) is 2. The minimum atomic E-state index is -0.557. The number of rotatable bonds is 3. The highest BCUT2D eigenvalue weighted by atomic mass is 16.2. The minimum Gasteiger partial charge on any atom is -0.354 e. The summed E-state index contributed by atoms with van der Waals surface area (Å²) in [6, 6.07) is 0. The van der Waals surface area contributed by atoms with Gasteiger partial charge in [-0.25, -0.2) is 0 Å². The second-order valence-electron chi connectivity index (χ2n) is 5.96. The summed E-state index contributed by atoms with van der Waals surface area (Å²) in [5.74, 6) is 0.731. The lowest BCUT2D eigenvalue weighted by Crippen LogP contribution is -2.52. The molecule has 0 aromatic rings. The van der Waals surface area contributed by atoms with E-state index in [9.17, 15) is 4.79 Å². The Bertz CT molecular complexity index is 267. The van der Waals surface area contributed by atoms with Crippen LogP contribution in [0.25, 0.3) is 0 Å². The predicted molar refractivity (Wildman–Crippen MR) is 60.3 cm³/mol. The van der Waals surface area contributed by atoms with Crippen LogP contribution in [0, 0.1) is 11.3 Å². The highest BCUT2D eigenvalue weighted by Crippen LogP contribution is 2.51. The van der Waals surface area contributed by atoms with E-state index in [0.29, 0.717) is 11.3 Å². The molecule has 0 heterocycles. The van der Waals surface area contributed by atoms with Crippen LogP contribution >= 0.6 is 0 Å². The van der Waals surface area contributed by atoms with E-state index >= 15 is 0 Å². The van der Waals surface area contributed by atoms with Crippen molar-refractivity contribution in [3.05, 3.63) is 0 Å². The third kappa shape index (κ3) is 2.17. The van der Waals surface area contributed by atoms with Crippen molar-refractivity contribution in [3.8, 4) is 0 Å². The molecule has 2 fully saturated rings. The quantitative estimate of drug-likeness (QED) is 0.740. The zero-order chi connectivity index (χ0) is 11.1. The van der Waals surface area contributed by atoms with Crippen molar-refractivity contribution in [2.75, 3.05) is 6.54 Å². The van der Waals surface area contributed by atoms with E-state index in [4.69, 9.17) is 5.73 Å². The smallest absolute Gasteiger partial charge is 0.240 e. The van der Waals surface area contributed by atoms with E-state index in [1.807, 2.05) is 0 Å². The lowest BCUT2D eigenvalue weighted by molar-refractivity contribution is -0.126. The van der Waals surface area contributed by atoms with Crippen molar-refractivity contribution in [3.63, 3.8) is 0 Å². The van der Waals surface area contributed by atoms with Gasteiger partial charge in [0.05, 0.1) is 5.54 Å². The summed E-state index contributed by atoms with van der Waals surface area (Å²) in [6.07, 6.45) is 5.13. The molecule has 2 rings (SSSR count). The summed E-state index contributed by atoms with van der Waals surface area (Å²) in [5.41, 5.74) is 5.94. The molecule has 1 amide bonds. The summed E-state index contributed by atoms with van der Waals surface area (Å²) < 4.78 is 0. The molecular formula is C12H22N2O. The van der Waals surface area contributed by atoms with E-state index in [1.54, 1.807) is 0 Å². The molecule has 0 aliphatic heterocycles. The van der Waals surface area contributed by atoms with Crippen LogP contribution < -0.4 is 11.1 Å². The Hall–Kier alpha value is -0.570. The van der Waals surface area contributed by atoms with Gasteiger partial charge in [-0.2, -0.15) is 0 Å². The van der Waals surface area contributed by atoms with Crippen LogP contribution in [0.5, 0.6) is 0 Å². The summed E-state index contributed by atoms with van der Waals surface area (Å²) in [5, 5.41) is 3.02. The molecule has 15 heavy (non-hydrogen) atoms. The molecule has 86 valence electrons. The topological polar surface area (TPSA) is 55.1 Å². The van der Waals surface area contributed by atoms with Crippen molar-refractivity contribution in [1.82, 2.24) is 5.32 Å². The first-order valence-corrected chi connectivity index (χ1v) is 6.01. The number of amides is 1. The summed E-state index contributed by atoms with van der Waals surface area (Å²) in [6.45, 7) is 5.31. The summed E-state index contributed by atoms with van der Waals surface area (Å²) in [7, 11) is 0. The molecule has 1 atom stereocenters. The first kappa shape index (κ1) is 10.9. The van der Waals surface area contributed by atoms with Gasteiger partial charge in [0.1, 0.15) is 0 Å². The lowest BCUT2D eigenvalue weighted by atomic mass is 9.98. The van der Waals surface area contributed by atoms with Crippen molar-refractivity contribution in [1.29, 1.82) is 0 Å². The summed E-state index contributed by atoms with van der Waals surface area (Å²) >= 11 is 0.